The lowest BCUT2D eigenvalue weighted by atomic mass is 10.1. The molecule has 0 heterocycles. The minimum absolute atomic E-state index is 0.00901. The Hall–Kier alpha value is -4.74. The molecule has 0 atom stereocenters. The van der Waals surface area contributed by atoms with Crippen LogP contribution in [0.5, 0.6) is 11.5 Å². The van der Waals surface area contributed by atoms with Crippen molar-refractivity contribution in [3.63, 3.8) is 0 Å². The van der Waals surface area contributed by atoms with Crippen molar-refractivity contribution in [2.75, 3.05) is 23.4 Å². The summed E-state index contributed by atoms with van der Waals surface area (Å²) in [5.41, 5.74) is 1.76. The van der Waals surface area contributed by atoms with Crippen LogP contribution in [0.4, 0.5) is 29.3 Å². The summed E-state index contributed by atoms with van der Waals surface area (Å²) in [7, 11) is 0. The van der Waals surface area contributed by atoms with E-state index in [-0.39, 0.29) is 25.2 Å². The normalized spacial score (nSPS) is 10.9. The third-order valence-corrected chi connectivity index (χ3v) is 5.22. The van der Waals surface area contributed by atoms with Gasteiger partial charge < -0.3 is 25.2 Å². The van der Waals surface area contributed by atoms with Crippen LogP contribution in [0.3, 0.4) is 0 Å². The molecule has 3 amide bonds. The lowest BCUT2D eigenvalue weighted by Crippen LogP contribution is -2.34. The number of rotatable bonds is 11. The van der Waals surface area contributed by atoms with Crippen LogP contribution in [0.15, 0.2) is 72.8 Å². The number of amides is 3. The Bertz CT molecular complexity index is 1260. The van der Waals surface area contributed by atoms with Crippen molar-refractivity contribution in [1.82, 2.24) is 5.32 Å². The number of aliphatic carboxylic acids is 1. The molecule has 0 spiro atoms. The lowest BCUT2D eigenvalue weighted by Gasteiger charge is -2.24. The molecule has 0 bridgehead atoms. The van der Waals surface area contributed by atoms with Crippen molar-refractivity contribution in [2.24, 2.45) is 0 Å². The van der Waals surface area contributed by atoms with Crippen molar-refractivity contribution in [3.05, 3.63) is 83.9 Å². The maximum absolute atomic E-state index is 13.3. The van der Waals surface area contributed by atoms with Crippen LogP contribution in [0.25, 0.3) is 0 Å². The largest absolute Gasteiger partial charge is 0.573 e. The number of nitrogens with one attached hydrogen (secondary N) is 2. The standard InChI is InChI=1S/C27H26F3N3O6/c1-2-38-22-13-9-21(10-14-22)33(26(37)32-20-7-11-23(12-8-20)39-27(28,29)30)17-18-3-5-19(6-4-18)25(36)31-16-15-24(34)35/h3-14H,2,15-17H2,1H3,(H,31,36)(H,32,37)(H,34,35). The number of halogens is 3. The van der Waals surface area contributed by atoms with E-state index in [4.69, 9.17) is 9.84 Å². The molecule has 0 radical (unpaired) electrons. The monoisotopic (exact) mass is 545 g/mol. The quantitative estimate of drug-likeness (QED) is 0.296. The second-order valence-corrected chi connectivity index (χ2v) is 8.11. The van der Waals surface area contributed by atoms with E-state index in [1.807, 2.05) is 6.92 Å². The van der Waals surface area contributed by atoms with E-state index in [1.54, 1.807) is 48.5 Å². The molecule has 0 aromatic heterocycles. The molecule has 39 heavy (non-hydrogen) atoms. The molecule has 0 aliphatic rings. The van der Waals surface area contributed by atoms with Crippen LogP contribution >= 0.6 is 0 Å². The van der Waals surface area contributed by atoms with E-state index >= 15 is 0 Å². The number of carbonyl (C=O) groups is 3. The van der Waals surface area contributed by atoms with Gasteiger partial charge in [-0.05, 0) is 73.2 Å². The van der Waals surface area contributed by atoms with E-state index in [2.05, 4.69) is 15.4 Å². The van der Waals surface area contributed by atoms with Crippen molar-refractivity contribution < 1.29 is 42.1 Å². The zero-order valence-electron chi connectivity index (χ0n) is 20.8. The van der Waals surface area contributed by atoms with Crippen molar-refractivity contribution >= 4 is 29.3 Å². The third kappa shape index (κ3) is 9.26. The summed E-state index contributed by atoms with van der Waals surface area (Å²) in [5.74, 6) is -1.26. The number of carbonyl (C=O) groups excluding carboxylic acids is 2. The molecule has 0 aliphatic heterocycles. The van der Waals surface area contributed by atoms with Gasteiger partial charge in [0.05, 0.1) is 19.6 Å². The molecule has 3 aromatic carbocycles. The first kappa shape index (κ1) is 28.8. The minimum Gasteiger partial charge on any atom is -0.494 e. The zero-order valence-corrected chi connectivity index (χ0v) is 20.8. The molecular weight excluding hydrogens is 519 g/mol. The van der Waals surface area contributed by atoms with Crippen LogP contribution in [-0.2, 0) is 11.3 Å². The van der Waals surface area contributed by atoms with Crippen LogP contribution in [0, 0.1) is 0 Å². The number of hydrogen-bond donors (Lipinski definition) is 3. The van der Waals surface area contributed by atoms with Gasteiger partial charge in [0.1, 0.15) is 11.5 Å². The Kier molecular flexibility index (Phi) is 9.74. The summed E-state index contributed by atoms with van der Waals surface area (Å²) in [6, 6.07) is 17.4. The predicted octanol–water partition coefficient (Wildman–Crippen LogP) is 5.43. The molecule has 3 N–H and O–H groups in total. The Morgan fingerprint density at radius 3 is 2.08 bits per heavy atom. The second kappa shape index (κ2) is 13.2. The van der Waals surface area contributed by atoms with E-state index in [9.17, 15) is 27.6 Å². The molecule has 206 valence electrons. The van der Waals surface area contributed by atoms with E-state index < -0.39 is 30.0 Å². The molecular formula is C27H26F3N3O6. The molecule has 12 heteroatoms. The van der Waals surface area contributed by atoms with Gasteiger partial charge in [0, 0.05) is 23.5 Å². The van der Waals surface area contributed by atoms with Crippen molar-refractivity contribution in [3.8, 4) is 11.5 Å². The first-order chi connectivity index (χ1) is 18.5. The van der Waals surface area contributed by atoms with Gasteiger partial charge in [-0.15, -0.1) is 13.2 Å². The highest BCUT2D eigenvalue weighted by molar-refractivity contribution is 6.01. The summed E-state index contributed by atoms with van der Waals surface area (Å²) in [6.07, 6.45) is -5.03. The fraction of sp³-hybridized carbons (Fsp3) is 0.222. The molecule has 9 nitrogen and oxygen atoms in total. The third-order valence-electron chi connectivity index (χ3n) is 5.22. The molecule has 3 rings (SSSR count). The highest BCUT2D eigenvalue weighted by Gasteiger charge is 2.31. The lowest BCUT2D eigenvalue weighted by molar-refractivity contribution is -0.274. The number of urea groups is 1. The first-order valence-electron chi connectivity index (χ1n) is 11.8. The number of carboxylic acids is 1. The van der Waals surface area contributed by atoms with E-state index in [1.165, 1.54) is 17.0 Å². The average Bonchev–Trinajstić information content (AvgIpc) is 2.88. The summed E-state index contributed by atoms with van der Waals surface area (Å²) >= 11 is 0. The summed E-state index contributed by atoms with van der Waals surface area (Å²) in [4.78, 5) is 37.5. The van der Waals surface area contributed by atoms with Gasteiger partial charge in [0.2, 0.25) is 0 Å². The molecule has 0 unspecified atom stereocenters. The topological polar surface area (TPSA) is 117 Å². The SMILES string of the molecule is CCOc1ccc(N(Cc2ccc(C(=O)NCCC(=O)O)cc2)C(=O)Nc2ccc(OC(F)(F)F)cc2)cc1. The fourth-order valence-corrected chi connectivity index (χ4v) is 3.43. The number of ether oxygens (including phenoxy) is 2. The Balaban J connectivity index is 1.76. The van der Waals surface area contributed by atoms with Crippen LogP contribution in [0.1, 0.15) is 29.3 Å². The Morgan fingerprint density at radius 1 is 0.897 bits per heavy atom. The highest BCUT2D eigenvalue weighted by atomic mass is 19.4. The smallest absolute Gasteiger partial charge is 0.494 e. The van der Waals surface area contributed by atoms with Gasteiger partial charge in [-0.25, -0.2) is 4.79 Å². The fourth-order valence-electron chi connectivity index (χ4n) is 3.43. The average molecular weight is 546 g/mol. The molecule has 0 fully saturated rings. The first-order valence-corrected chi connectivity index (χ1v) is 11.8. The minimum atomic E-state index is -4.83. The van der Waals surface area contributed by atoms with Gasteiger partial charge in [-0.3, -0.25) is 14.5 Å². The number of benzene rings is 3. The van der Waals surface area contributed by atoms with Gasteiger partial charge in [-0.2, -0.15) is 0 Å². The van der Waals surface area contributed by atoms with Gasteiger partial charge >= 0.3 is 18.4 Å². The number of nitrogens with zero attached hydrogens (tertiary/aromatic N) is 1. The van der Waals surface area contributed by atoms with Crippen LogP contribution in [-0.4, -0.2) is 42.5 Å². The predicted molar refractivity (Wildman–Crippen MR) is 137 cm³/mol. The molecule has 0 saturated carbocycles. The number of anilines is 2. The Morgan fingerprint density at radius 2 is 1.51 bits per heavy atom. The van der Waals surface area contributed by atoms with Crippen LogP contribution < -0.4 is 25.0 Å². The Labute approximate surface area is 222 Å². The maximum atomic E-state index is 13.3. The van der Waals surface area contributed by atoms with Crippen LogP contribution in [0.2, 0.25) is 0 Å². The summed E-state index contributed by atoms with van der Waals surface area (Å²) in [5, 5.41) is 13.9. The summed E-state index contributed by atoms with van der Waals surface area (Å²) < 4.78 is 46.6. The van der Waals surface area contributed by atoms with E-state index in [0.717, 1.165) is 12.1 Å². The molecule has 0 saturated heterocycles. The number of alkyl halides is 3. The highest BCUT2D eigenvalue weighted by Crippen LogP contribution is 2.26. The van der Waals surface area contributed by atoms with Crippen molar-refractivity contribution in [1.29, 1.82) is 0 Å². The maximum Gasteiger partial charge on any atom is 0.573 e. The van der Waals surface area contributed by atoms with Gasteiger partial charge in [0.25, 0.3) is 5.91 Å². The number of carboxylic acid groups (broad SMARTS) is 1. The van der Waals surface area contributed by atoms with Gasteiger partial charge in [0.15, 0.2) is 0 Å². The zero-order chi connectivity index (χ0) is 28.4. The molecule has 0 aliphatic carbocycles. The second-order valence-electron chi connectivity index (χ2n) is 8.11. The number of hydrogen-bond acceptors (Lipinski definition) is 5. The van der Waals surface area contributed by atoms with Crippen molar-refractivity contribution in [2.45, 2.75) is 26.3 Å². The van der Waals surface area contributed by atoms with Gasteiger partial charge in [-0.1, -0.05) is 12.1 Å². The van der Waals surface area contributed by atoms with E-state index in [0.29, 0.717) is 29.2 Å². The molecule has 3 aromatic rings. The summed E-state index contributed by atoms with van der Waals surface area (Å²) in [6.45, 7) is 2.39.